The van der Waals surface area contributed by atoms with E-state index < -0.39 is 0 Å². The van der Waals surface area contributed by atoms with Crippen LogP contribution in [0.15, 0.2) is 0 Å². The molecule has 0 aliphatic rings. The molecule has 0 bridgehead atoms. The minimum atomic E-state index is 0. The van der Waals surface area contributed by atoms with Crippen LogP contribution in [0.5, 0.6) is 0 Å². The van der Waals surface area contributed by atoms with E-state index >= 15 is 0 Å². The van der Waals surface area contributed by atoms with E-state index in [9.17, 15) is 0 Å². The van der Waals surface area contributed by atoms with Crippen molar-refractivity contribution in [1.82, 2.24) is 0 Å². The summed E-state index contributed by atoms with van der Waals surface area (Å²) in [7, 11) is 0. The molecule has 0 fully saturated rings. The van der Waals surface area contributed by atoms with Crippen LogP contribution in [0, 0.1) is 0 Å². The Morgan fingerprint density at radius 2 is 1.07 bits per heavy atom. The van der Waals surface area contributed by atoms with Crippen molar-refractivity contribution in [3.8, 4) is 0 Å². The maximum Gasteiger partial charge on any atom is 4.00 e. The molecule has 2 N–H and O–H groups in total. The summed E-state index contributed by atoms with van der Waals surface area (Å²) >= 11 is 0. The van der Waals surface area contributed by atoms with Crippen LogP contribution in [0.25, 0.3) is 0 Å². The Kier molecular flexibility index (Phi) is 41.6. The van der Waals surface area contributed by atoms with Gasteiger partial charge in [-0.1, -0.05) is 51.9 Å². The number of unbranched alkanes of at least 4 members (excludes halogenated alkanes) is 7. The zero-order chi connectivity index (χ0) is 8.36. The van der Waals surface area contributed by atoms with Crippen LogP contribution in [-0.4, -0.2) is 6.54 Å². The zero-order valence-corrected chi connectivity index (χ0v) is 12.3. The van der Waals surface area contributed by atoms with E-state index in [4.69, 9.17) is 5.73 Å². The van der Waals surface area contributed by atoms with Gasteiger partial charge in [0.05, 0.1) is 0 Å². The third-order valence-electron chi connectivity index (χ3n) is 2.06. The van der Waals surface area contributed by atoms with Crippen LogP contribution >= 0.6 is 0 Å². The zero-order valence-electron chi connectivity index (χ0n) is 9.20. The Labute approximate surface area is 117 Å². The van der Waals surface area contributed by atoms with Crippen molar-refractivity contribution in [3.63, 3.8) is 0 Å². The standard InChI is InChI=1S/C10H23N.2ClH.Ti/c1-2-3-4-5-6-7-8-9-10-11;;;/h2-11H2,1H3;2*1H;/q;;;+4/p-2. The van der Waals surface area contributed by atoms with Gasteiger partial charge in [-0.25, -0.2) is 0 Å². The van der Waals surface area contributed by atoms with Crippen LogP contribution in [0.2, 0.25) is 0 Å². The molecule has 0 unspecified atom stereocenters. The maximum absolute atomic E-state index is 5.39. The molecule has 0 rings (SSSR count). The Morgan fingerprint density at radius 3 is 1.43 bits per heavy atom. The van der Waals surface area contributed by atoms with Crippen LogP contribution < -0.4 is 30.5 Å². The molecule has 84 valence electrons. The van der Waals surface area contributed by atoms with E-state index in [0.717, 1.165) is 6.54 Å². The van der Waals surface area contributed by atoms with Gasteiger partial charge in [-0.3, -0.25) is 0 Å². The van der Waals surface area contributed by atoms with Gasteiger partial charge in [-0.15, -0.1) is 0 Å². The summed E-state index contributed by atoms with van der Waals surface area (Å²) in [5, 5.41) is 0. The first-order chi connectivity index (χ1) is 5.41. The van der Waals surface area contributed by atoms with Crippen molar-refractivity contribution in [2.45, 2.75) is 58.3 Å². The first-order valence-corrected chi connectivity index (χ1v) is 5.12. The van der Waals surface area contributed by atoms with E-state index in [1.807, 2.05) is 0 Å². The molecule has 0 heterocycles. The second-order valence-electron chi connectivity index (χ2n) is 3.26. The molecule has 0 aliphatic carbocycles. The van der Waals surface area contributed by atoms with Gasteiger partial charge in [-0.2, -0.15) is 0 Å². The molecule has 0 amide bonds. The van der Waals surface area contributed by atoms with Gasteiger partial charge < -0.3 is 30.5 Å². The van der Waals surface area contributed by atoms with Crippen molar-refractivity contribution in [2.24, 2.45) is 5.73 Å². The van der Waals surface area contributed by atoms with Crippen LogP contribution in [0.1, 0.15) is 58.3 Å². The maximum atomic E-state index is 5.39. The van der Waals surface area contributed by atoms with Gasteiger partial charge >= 0.3 is 21.7 Å². The third-order valence-corrected chi connectivity index (χ3v) is 2.06. The SMILES string of the molecule is CCCCCCCCCCN.[Cl-].[Cl-].[Ti+4]. The molecule has 14 heavy (non-hydrogen) atoms. The van der Waals surface area contributed by atoms with Crippen molar-refractivity contribution < 1.29 is 46.5 Å². The van der Waals surface area contributed by atoms with E-state index in [-0.39, 0.29) is 46.5 Å². The van der Waals surface area contributed by atoms with Gasteiger partial charge in [-0.05, 0) is 13.0 Å². The average molecular weight is 276 g/mol. The number of halogens is 2. The fourth-order valence-electron chi connectivity index (χ4n) is 1.28. The second-order valence-corrected chi connectivity index (χ2v) is 3.26. The Bertz CT molecular complexity index is 67.1. The summed E-state index contributed by atoms with van der Waals surface area (Å²) in [6, 6.07) is 0. The van der Waals surface area contributed by atoms with Crippen molar-refractivity contribution in [2.75, 3.05) is 6.54 Å². The Balaban J connectivity index is -0.000000167. The second kappa shape index (κ2) is 23.8. The molecule has 0 aromatic heterocycles. The van der Waals surface area contributed by atoms with E-state index in [0.29, 0.717) is 0 Å². The predicted octanol–water partition coefficient (Wildman–Crippen LogP) is -2.91. The monoisotopic (exact) mass is 275 g/mol. The Morgan fingerprint density at radius 1 is 0.714 bits per heavy atom. The largest absolute Gasteiger partial charge is 4.00 e. The van der Waals surface area contributed by atoms with Gasteiger partial charge in [0.25, 0.3) is 0 Å². The quantitative estimate of drug-likeness (QED) is 0.373. The molecule has 1 nitrogen and oxygen atoms in total. The van der Waals surface area contributed by atoms with Crippen LogP contribution in [0.4, 0.5) is 0 Å². The normalized spacial score (nSPS) is 8.14. The molecule has 0 atom stereocenters. The molecule has 0 spiro atoms. The minimum absolute atomic E-state index is 0. The van der Waals surface area contributed by atoms with Crippen molar-refractivity contribution in [3.05, 3.63) is 0 Å². The third kappa shape index (κ3) is 23.2. The van der Waals surface area contributed by atoms with Crippen molar-refractivity contribution in [1.29, 1.82) is 0 Å². The summed E-state index contributed by atoms with van der Waals surface area (Å²) in [6.07, 6.45) is 11.0. The molecule has 0 saturated carbocycles. The smallest absolute Gasteiger partial charge is 1.00 e. The Hall–Kier alpha value is 1.25. The van der Waals surface area contributed by atoms with E-state index in [1.54, 1.807) is 0 Å². The average Bonchev–Trinajstić information content (AvgIpc) is 2.03. The fraction of sp³-hybridized carbons (Fsp3) is 1.00. The van der Waals surface area contributed by atoms with E-state index in [2.05, 4.69) is 6.92 Å². The number of hydrogen-bond acceptors (Lipinski definition) is 1. The summed E-state index contributed by atoms with van der Waals surface area (Å²) in [6.45, 7) is 3.13. The summed E-state index contributed by atoms with van der Waals surface area (Å²) in [5.41, 5.74) is 5.39. The van der Waals surface area contributed by atoms with E-state index in [1.165, 1.54) is 51.4 Å². The molecular weight excluding hydrogens is 253 g/mol. The van der Waals surface area contributed by atoms with Crippen LogP contribution in [-0.2, 0) is 21.7 Å². The van der Waals surface area contributed by atoms with Gasteiger partial charge in [0.15, 0.2) is 0 Å². The summed E-state index contributed by atoms with van der Waals surface area (Å²) in [4.78, 5) is 0. The van der Waals surface area contributed by atoms with Gasteiger partial charge in [0.1, 0.15) is 0 Å². The molecule has 4 heteroatoms. The predicted molar refractivity (Wildman–Crippen MR) is 51.7 cm³/mol. The molecule has 0 saturated heterocycles. The summed E-state index contributed by atoms with van der Waals surface area (Å²) < 4.78 is 0. The minimum Gasteiger partial charge on any atom is -1.00 e. The van der Waals surface area contributed by atoms with Gasteiger partial charge in [0.2, 0.25) is 0 Å². The molecule has 0 aliphatic heterocycles. The summed E-state index contributed by atoms with van der Waals surface area (Å²) in [5.74, 6) is 0. The number of nitrogens with two attached hydrogens (primary N) is 1. The van der Waals surface area contributed by atoms with Gasteiger partial charge in [0, 0.05) is 0 Å². The first-order valence-electron chi connectivity index (χ1n) is 5.12. The molecular formula is C10H23Cl2NTi+2. The first kappa shape index (κ1) is 24.5. The molecule has 0 aromatic rings. The fourth-order valence-corrected chi connectivity index (χ4v) is 1.28. The molecule has 0 radical (unpaired) electrons. The molecule has 0 aromatic carbocycles. The topological polar surface area (TPSA) is 26.0 Å². The number of rotatable bonds is 8. The number of hydrogen-bond donors (Lipinski definition) is 1. The van der Waals surface area contributed by atoms with Crippen LogP contribution in [0.3, 0.4) is 0 Å². The van der Waals surface area contributed by atoms with Crippen molar-refractivity contribution >= 4 is 0 Å².